The fraction of sp³-hybridized carbons (Fsp3) is 0.333. The predicted octanol–water partition coefficient (Wildman–Crippen LogP) is 5.21. The largest absolute Gasteiger partial charge is 0.491 e. The molecular weight excluding hydrogens is 523 g/mol. The normalized spacial score (nSPS) is 16.8. The molecule has 3 atom stereocenters. The quantitative estimate of drug-likeness (QED) is 0.366. The van der Waals surface area contributed by atoms with Crippen molar-refractivity contribution < 1.29 is 27.8 Å². The van der Waals surface area contributed by atoms with Crippen molar-refractivity contribution in [3.05, 3.63) is 81.2 Å². The maximum absolute atomic E-state index is 13.7. The van der Waals surface area contributed by atoms with Gasteiger partial charge in [0, 0.05) is 22.3 Å². The number of amides is 1. The van der Waals surface area contributed by atoms with Gasteiger partial charge in [-0.05, 0) is 53.8 Å². The summed E-state index contributed by atoms with van der Waals surface area (Å²) < 4.78 is 48.0. The molecule has 1 aliphatic rings. The number of nitrogens with zero attached hydrogens (tertiary/aromatic N) is 1. The van der Waals surface area contributed by atoms with Gasteiger partial charge in [-0.1, -0.05) is 43.1 Å². The topological polar surface area (TPSA) is 107 Å². The van der Waals surface area contributed by atoms with Crippen molar-refractivity contribution in [2.75, 3.05) is 11.9 Å². The number of alkyl halides is 3. The number of anilines is 1. The SMILES string of the molecule is CCCC(C(=O)Nc1ccc(C(N)O)cc1)n1cc2c(cc1=O)-c1cc(Cl)ccc1C[C@@H](C(F)(F)F)CO2. The Bertz CT molecular complexity index is 1370. The average Bonchev–Trinajstić information content (AvgIpc) is 2.85. The van der Waals surface area contributed by atoms with E-state index in [0.717, 1.165) is 0 Å². The molecule has 0 fully saturated rings. The van der Waals surface area contributed by atoms with Crippen LogP contribution in [0.25, 0.3) is 11.1 Å². The molecule has 7 nitrogen and oxygen atoms in total. The number of nitrogens with one attached hydrogen (secondary N) is 1. The van der Waals surface area contributed by atoms with Crippen LogP contribution in [0.4, 0.5) is 18.9 Å². The first-order valence-electron chi connectivity index (χ1n) is 12.1. The molecular formula is C27H27ClF3N3O4. The summed E-state index contributed by atoms with van der Waals surface area (Å²) in [6.07, 6.45) is -3.84. The molecule has 0 aliphatic carbocycles. The Balaban J connectivity index is 1.74. The molecule has 4 N–H and O–H groups in total. The molecule has 0 saturated carbocycles. The first kappa shape index (κ1) is 27.7. The number of halogens is 4. The molecule has 0 spiro atoms. The van der Waals surface area contributed by atoms with E-state index in [1.54, 1.807) is 24.3 Å². The number of hydrogen-bond acceptors (Lipinski definition) is 5. The lowest BCUT2D eigenvalue weighted by atomic mass is 9.91. The minimum atomic E-state index is -4.50. The van der Waals surface area contributed by atoms with E-state index >= 15 is 0 Å². The van der Waals surface area contributed by atoms with E-state index in [-0.39, 0.29) is 18.6 Å². The van der Waals surface area contributed by atoms with Gasteiger partial charge in [-0.25, -0.2) is 0 Å². The number of aliphatic hydroxyl groups excluding tert-OH is 1. The van der Waals surface area contributed by atoms with E-state index in [0.29, 0.717) is 39.4 Å². The lowest BCUT2D eigenvalue weighted by molar-refractivity contribution is -0.181. The van der Waals surface area contributed by atoms with Gasteiger partial charge in [-0.15, -0.1) is 0 Å². The third kappa shape index (κ3) is 6.03. The van der Waals surface area contributed by atoms with Crippen LogP contribution in [0, 0.1) is 5.92 Å². The standard InChI is InChI=1S/C27H27ClF3N3O4/c1-2-3-22(26(37)33-19-8-5-15(6-9-19)25(32)36)34-13-23-21(12-24(34)35)20-11-18(28)7-4-16(20)10-17(14-38-23)27(29,30)31/h4-9,11-13,17,22,25,36H,2-3,10,14,32H2,1H3,(H,33,37)/t17-,22?,25?/m1/s1. The minimum absolute atomic E-state index is 0.0530. The van der Waals surface area contributed by atoms with E-state index in [1.165, 1.54) is 35.0 Å². The summed E-state index contributed by atoms with van der Waals surface area (Å²) in [6.45, 7) is 1.21. The molecule has 38 heavy (non-hydrogen) atoms. The summed E-state index contributed by atoms with van der Waals surface area (Å²) in [6, 6.07) is 11.1. The van der Waals surface area contributed by atoms with Gasteiger partial charge in [-0.2, -0.15) is 13.2 Å². The van der Waals surface area contributed by atoms with Gasteiger partial charge in [0.2, 0.25) is 5.91 Å². The highest BCUT2D eigenvalue weighted by molar-refractivity contribution is 6.30. The fourth-order valence-electron chi connectivity index (χ4n) is 4.46. The number of pyridine rings is 1. The van der Waals surface area contributed by atoms with Crippen molar-refractivity contribution in [2.45, 2.75) is 44.6 Å². The summed E-state index contributed by atoms with van der Waals surface area (Å²) in [4.78, 5) is 26.5. The van der Waals surface area contributed by atoms with Crippen LogP contribution in [-0.2, 0) is 11.2 Å². The number of nitrogens with two attached hydrogens (primary N) is 1. The molecule has 11 heteroatoms. The molecule has 2 aromatic carbocycles. The van der Waals surface area contributed by atoms with Crippen molar-refractivity contribution in [3.8, 4) is 16.9 Å². The zero-order valence-corrected chi connectivity index (χ0v) is 21.2. The third-order valence-corrected chi connectivity index (χ3v) is 6.73. The first-order chi connectivity index (χ1) is 18.0. The number of fused-ring (bicyclic) bond motifs is 3. The van der Waals surface area contributed by atoms with E-state index in [2.05, 4.69) is 5.32 Å². The Morgan fingerprint density at radius 3 is 2.55 bits per heavy atom. The van der Waals surface area contributed by atoms with Crippen LogP contribution in [0.15, 0.2) is 59.5 Å². The van der Waals surface area contributed by atoms with Crippen LogP contribution in [0.1, 0.15) is 43.2 Å². The molecule has 0 saturated heterocycles. The van der Waals surface area contributed by atoms with Gasteiger partial charge in [0.1, 0.15) is 24.6 Å². The van der Waals surface area contributed by atoms with Gasteiger partial charge in [0.15, 0.2) is 0 Å². The van der Waals surface area contributed by atoms with Crippen molar-refractivity contribution >= 4 is 23.2 Å². The van der Waals surface area contributed by atoms with Gasteiger partial charge in [0.25, 0.3) is 5.56 Å². The molecule has 0 radical (unpaired) electrons. The van der Waals surface area contributed by atoms with Crippen LogP contribution in [0.5, 0.6) is 5.75 Å². The second kappa shape index (κ2) is 11.2. The van der Waals surface area contributed by atoms with Crippen LogP contribution < -0.4 is 21.3 Å². The molecule has 4 rings (SSSR count). The van der Waals surface area contributed by atoms with Crippen molar-refractivity contribution in [3.63, 3.8) is 0 Å². The predicted molar refractivity (Wildman–Crippen MR) is 138 cm³/mol. The van der Waals surface area contributed by atoms with Gasteiger partial charge < -0.3 is 20.9 Å². The summed E-state index contributed by atoms with van der Waals surface area (Å²) in [5.41, 5.74) is 6.90. The van der Waals surface area contributed by atoms with Crippen LogP contribution in [-0.4, -0.2) is 28.4 Å². The number of aliphatic hydroxyl groups is 1. The number of carbonyl (C=O) groups is 1. The lowest BCUT2D eigenvalue weighted by Gasteiger charge is -2.27. The zero-order chi connectivity index (χ0) is 27.6. The smallest absolute Gasteiger partial charge is 0.395 e. The number of carbonyl (C=O) groups excluding carboxylic acids is 1. The Morgan fingerprint density at radius 2 is 1.92 bits per heavy atom. The maximum atomic E-state index is 13.7. The molecule has 1 aliphatic heterocycles. The molecule has 1 aromatic heterocycles. The molecule has 202 valence electrons. The van der Waals surface area contributed by atoms with Gasteiger partial charge in [-0.3, -0.25) is 14.2 Å². The molecule has 0 bridgehead atoms. The van der Waals surface area contributed by atoms with E-state index in [9.17, 15) is 27.9 Å². The monoisotopic (exact) mass is 549 g/mol. The number of rotatable bonds is 6. The van der Waals surface area contributed by atoms with E-state index in [1.807, 2.05) is 6.92 Å². The van der Waals surface area contributed by atoms with Gasteiger partial charge in [0.05, 0.1) is 12.1 Å². The summed E-state index contributed by atoms with van der Waals surface area (Å²) in [5.74, 6) is -2.20. The highest BCUT2D eigenvalue weighted by Gasteiger charge is 2.41. The number of aromatic nitrogens is 1. The number of hydrogen-bond donors (Lipinski definition) is 3. The van der Waals surface area contributed by atoms with Crippen LogP contribution in [0.3, 0.4) is 0 Å². The molecule has 3 aromatic rings. The molecule has 2 unspecified atom stereocenters. The van der Waals surface area contributed by atoms with Gasteiger partial charge >= 0.3 is 6.18 Å². The highest BCUT2D eigenvalue weighted by atomic mass is 35.5. The van der Waals surface area contributed by atoms with E-state index in [4.69, 9.17) is 22.1 Å². The lowest BCUT2D eigenvalue weighted by Crippen LogP contribution is -2.34. The zero-order valence-electron chi connectivity index (χ0n) is 20.5. The Morgan fingerprint density at radius 1 is 1.21 bits per heavy atom. The van der Waals surface area contributed by atoms with Crippen molar-refractivity contribution in [1.29, 1.82) is 0 Å². The van der Waals surface area contributed by atoms with Crippen LogP contribution in [0.2, 0.25) is 5.02 Å². The maximum Gasteiger partial charge on any atom is 0.395 e. The third-order valence-electron chi connectivity index (χ3n) is 6.50. The number of ether oxygens (including phenoxy) is 1. The second-order valence-corrected chi connectivity index (χ2v) is 9.65. The first-order valence-corrected chi connectivity index (χ1v) is 12.4. The summed E-state index contributed by atoms with van der Waals surface area (Å²) >= 11 is 6.15. The molecule has 2 heterocycles. The summed E-state index contributed by atoms with van der Waals surface area (Å²) in [5, 5.41) is 12.5. The Kier molecular flexibility index (Phi) is 8.15. The second-order valence-electron chi connectivity index (χ2n) is 9.21. The fourth-order valence-corrected chi connectivity index (χ4v) is 4.63. The Hall–Kier alpha value is -3.34. The highest BCUT2D eigenvalue weighted by Crippen LogP contribution is 2.40. The minimum Gasteiger partial charge on any atom is -0.491 e. The number of benzene rings is 2. The van der Waals surface area contributed by atoms with Crippen molar-refractivity contribution in [1.82, 2.24) is 4.57 Å². The average molecular weight is 550 g/mol. The van der Waals surface area contributed by atoms with E-state index < -0.39 is 42.4 Å². The van der Waals surface area contributed by atoms with Crippen LogP contribution >= 0.6 is 11.6 Å². The molecule has 1 amide bonds. The van der Waals surface area contributed by atoms with Crippen molar-refractivity contribution in [2.24, 2.45) is 11.7 Å². The Labute approximate surface area is 222 Å². The summed E-state index contributed by atoms with van der Waals surface area (Å²) in [7, 11) is 0.